The summed E-state index contributed by atoms with van der Waals surface area (Å²) in [5, 5.41) is 8.11. The number of anilines is 1. The summed E-state index contributed by atoms with van der Waals surface area (Å²) in [6.07, 6.45) is 5.48. The molecule has 1 saturated heterocycles. The highest BCUT2D eigenvalue weighted by atomic mass is 16.5. The third kappa shape index (κ3) is 3.02. The molecule has 0 saturated carbocycles. The number of hydrogen-bond donors (Lipinski definition) is 4. The predicted molar refractivity (Wildman–Crippen MR) is 84.2 cm³/mol. The van der Waals surface area contributed by atoms with Gasteiger partial charge in [-0.05, 0) is 38.9 Å². The lowest BCUT2D eigenvalue weighted by Crippen LogP contribution is -2.35. The number of ether oxygens (including phenoxy) is 1. The predicted octanol–water partition coefficient (Wildman–Crippen LogP) is 1.72. The molecule has 1 fully saturated rings. The van der Waals surface area contributed by atoms with Crippen molar-refractivity contribution in [2.75, 3.05) is 25.0 Å². The first-order valence-corrected chi connectivity index (χ1v) is 7.60. The van der Waals surface area contributed by atoms with E-state index in [1.54, 1.807) is 0 Å². The molecular formula is C15H23N5O. The van der Waals surface area contributed by atoms with E-state index in [-0.39, 0.29) is 0 Å². The minimum atomic E-state index is -0.453. The Kier molecular flexibility index (Phi) is 4.38. The van der Waals surface area contributed by atoms with Crippen LogP contribution in [-0.4, -0.2) is 35.7 Å². The third-order valence-corrected chi connectivity index (χ3v) is 3.96. The summed E-state index contributed by atoms with van der Waals surface area (Å²) in [5.41, 5.74) is 8.99. The SMILES string of the molecule is CCOC(N)c1cnc2[nH]ccc2c1NC1CCNCC1. The van der Waals surface area contributed by atoms with E-state index in [0.717, 1.165) is 48.2 Å². The summed E-state index contributed by atoms with van der Waals surface area (Å²) < 4.78 is 5.56. The average molecular weight is 289 g/mol. The molecule has 0 amide bonds. The van der Waals surface area contributed by atoms with Crippen molar-refractivity contribution in [2.45, 2.75) is 32.0 Å². The number of H-pyrrole nitrogens is 1. The van der Waals surface area contributed by atoms with Crippen molar-refractivity contribution < 1.29 is 4.74 Å². The molecule has 1 aliphatic rings. The van der Waals surface area contributed by atoms with Crippen LogP contribution in [0.3, 0.4) is 0 Å². The smallest absolute Gasteiger partial charge is 0.139 e. The zero-order chi connectivity index (χ0) is 14.7. The Bertz CT molecular complexity index is 591. The highest BCUT2D eigenvalue weighted by molar-refractivity contribution is 5.91. The van der Waals surface area contributed by atoms with Crippen LogP contribution >= 0.6 is 0 Å². The van der Waals surface area contributed by atoms with Gasteiger partial charge in [-0.25, -0.2) is 4.98 Å². The standard InChI is InChI=1S/C15H23N5O/c1-2-21-14(16)12-9-19-15-11(5-8-18-15)13(12)20-10-3-6-17-7-4-10/h5,8-10,14,17H,2-4,6-7,16H2,1H3,(H2,18,19,20). The van der Waals surface area contributed by atoms with E-state index < -0.39 is 6.23 Å². The second-order valence-electron chi connectivity index (χ2n) is 5.37. The molecule has 1 unspecified atom stereocenters. The topological polar surface area (TPSA) is 88.0 Å². The van der Waals surface area contributed by atoms with E-state index in [1.807, 2.05) is 25.4 Å². The molecule has 0 aliphatic carbocycles. The summed E-state index contributed by atoms with van der Waals surface area (Å²) in [5.74, 6) is 0. The summed E-state index contributed by atoms with van der Waals surface area (Å²) in [6, 6.07) is 2.49. The van der Waals surface area contributed by atoms with Gasteiger partial charge < -0.3 is 26.1 Å². The molecule has 21 heavy (non-hydrogen) atoms. The second kappa shape index (κ2) is 6.43. The second-order valence-corrected chi connectivity index (χ2v) is 5.37. The Hall–Kier alpha value is -1.63. The van der Waals surface area contributed by atoms with E-state index in [9.17, 15) is 0 Å². The van der Waals surface area contributed by atoms with Crippen molar-refractivity contribution in [1.82, 2.24) is 15.3 Å². The molecule has 6 nitrogen and oxygen atoms in total. The van der Waals surface area contributed by atoms with Gasteiger partial charge >= 0.3 is 0 Å². The van der Waals surface area contributed by atoms with Crippen LogP contribution in [-0.2, 0) is 4.74 Å². The molecule has 0 radical (unpaired) electrons. The first kappa shape index (κ1) is 14.3. The van der Waals surface area contributed by atoms with Gasteiger partial charge in [0.1, 0.15) is 11.9 Å². The maximum absolute atomic E-state index is 6.15. The maximum Gasteiger partial charge on any atom is 0.139 e. The average Bonchev–Trinajstić information content (AvgIpc) is 2.98. The monoisotopic (exact) mass is 289 g/mol. The lowest BCUT2D eigenvalue weighted by atomic mass is 10.0. The highest BCUT2D eigenvalue weighted by Gasteiger charge is 2.20. The lowest BCUT2D eigenvalue weighted by molar-refractivity contribution is 0.0677. The number of rotatable bonds is 5. The highest BCUT2D eigenvalue weighted by Crippen LogP contribution is 2.30. The van der Waals surface area contributed by atoms with Crippen LogP contribution in [0.2, 0.25) is 0 Å². The van der Waals surface area contributed by atoms with Crippen molar-refractivity contribution in [2.24, 2.45) is 5.73 Å². The van der Waals surface area contributed by atoms with Crippen molar-refractivity contribution in [3.05, 3.63) is 24.0 Å². The number of nitrogens with two attached hydrogens (primary N) is 1. The molecule has 0 aromatic carbocycles. The number of piperidine rings is 1. The van der Waals surface area contributed by atoms with Crippen LogP contribution < -0.4 is 16.4 Å². The maximum atomic E-state index is 6.15. The van der Waals surface area contributed by atoms with Crippen LogP contribution in [0.15, 0.2) is 18.5 Å². The quantitative estimate of drug-likeness (QED) is 0.630. The molecular weight excluding hydrogens is 266 g/mol. The molecule has 114 valence electrons. The summed E-state index contributed by atoms with van der Waals surface area (Å²) in [7, 11) is 0. The van der Waals surface area contributed by atoms with Crippen LogP contribution in [0.25, 0.3) is 11.0 Å². The van der Waals surface area contributed by atoms with Gasteiger partial charge in [-0.3, -0.25) is 0 Å². The van der Waals surface area contributed by atoms with Crippen molar-refractivity contribution in [3.63, 3.8) is 0 Å². The molecule has 0 spiro atoms. The zero-order valence-electron chi connectivity index (χ0n) is 12.4. The van der Waals surface area contributed by atoms with Crippen molar-refractivity contribution in [3.8, 4) is 0 Å². The molecule has 1 aliphatic heterocycles. The molecule has 2 aromatic rings. The molecule has 3 rings (SSSR count). The fourth-order valence-corrected chi connectivity index (χ4v) is 2.84. The van der Waals surface area contributed by atoms with E-state index in [1.165, 1.54) is 0 Å². The minimum Gasteiger partial charge on any atom is -0.381 e. The van der Waals surface area contributed by atoms with E-state index >= 15 is 0 Å². The Labute approximate surface area is 124 Å². The number of fused-ring (bicyclic) bond motifs is 1. The van der Waals surface area contributed by atoms with E-state index in [0.29, 0.717) is 12.6 Å². The normalized spacial score (nSPS) is 18.0. The number of hydrogen-bond acceptors (Lipinski definition) is 5. The van der Waals surface area contributed by atoms with Gasteiger partial charge in [0, 0.05) is 36.0 Å². The summed E-state index contributed by atoms with van der Waals surface area (Å²) >= 11 is 0. The third-order valence-electron chi connectivity index (χ3n) is 3.96. The number of aromatic amines is 1. The first-order chi connectivity index (χ1) is 10.3. The lowest BCUT2D eigenvalue weighted by Gasteiger charge is -2.27. The van der Waals surface area contributed by atoms with Gasteiger partial charge in [0.05, 0.1) is 5.69 Å². The van der Waals surface area contributed by atoms with Gasteiger partial charge in [-0.2, -0.15) is 0 Å². The van der Waals surface area contributed by atoms with Crippen LogP contribution in [0, 0.1) is 0 Å². The molecule has 2 aromatic heterocycles. The molecule has 1 atom stereocenters. The van der Waals surface area contributed by atoms with E-state index in [4.69, 9.17) is 10.5 Å². The van der Waals surface area contributed by atoms with Crippen molar-refractivity contribution in [1.29, 1.82) is 0 Å². The molecule has 0 bridgehead atoms. The van der Waals surface area contributed by atoms with Gasteiger partial charge in [0.25, 0.3) is 0 Å². The van der Waals surface area contributed by atoms with Gasteiger partial charge in [-0.15, -0.1) is 0 Å². The number of nitrogens with zero attached hydrogens (tertiary/aromatic N) is 1. The first-order valence-electron chi connectivity index (χ1n) is 7.60. The molecule has 6 heteroatoms. The minimum absolute atomic E-state index is 0.453. The summed E-state index contributed by atoms with van der Waals surface area (Å²) in [6.45, 7) is 4.62. The van der Waals surface area contributed by atoms with Crippen LogP contribution in [0.5, 0.6) is 0 Å². The van der Waals surface area contributed by atoms with E-state index in [2.05, 4.69) is 20.6 Å². The Morgan fingerprint density at radius 1 is 1.48 bits per heavy atom. The van der Waals surface area contributed by atoms with Crippen LogP contribution in [0.4, 0.5) is 5.69 Å². The Balaban J connectivity index is 1.95. The van der Waals surface area contributed by atoms with Gasteiger partial charge in [0.2, 0.25) is 0 Å². The summed E-state index contributed by atoms with van der Waals surface area (Å²) in [4.78, 5) is 7.58. The largest absolute Gasteiger partial charge is 0.381 e. The van der Waals surface area contributed by atoms with Gasteiger partial charge in [-0.1, -0.05) is 0 Å². The molecule has 5 N–H and O–H groups in total. The number of aromatic nitrogens is 2. The van der Waals surface area contributed by atoms with Crippen LogP contribution in [0.1, 0.15) is 31.6 Å². The number of nitrogens with one attached hydrogen (secondary N) is 3. The fourth-order valence-electron chi connectivity index (χ4n) is 2.84. The van der Waals surface area contributed by atoms with Crippen molar-refractivity contribution >= 4 is 16.7 Å². The zero-order valence-corrected chi connectivity index (χ0v) is 12.4. The Morgan fingerprint density at radius 3 is 3.05 bits per heavy atom. The molecule has 3 heterocycles. The van der Waals surface area contributed by atoms with Gasteiger partial charge in [0.15, 0.2) is 0 Å². The number of pyridine rings is 1. The fraction of sp³-hybridized carbons (Fsp3) is 0.533. The Morgan fingerprint density at radius 2 is 2.29 bits per heavy atom.